The summed E-state index contributed by atoms with van der Waals surface area (Å²) in [7, 11) is 0. The van der Waals surface area contributed by atoms with Crippen molar-refractivity contribution in [3.63, 3.8) is 0 Å². The second kappa shape index (κ2) is 11.9. The number of para-hydroxylation sites is 1. The third-order valence-corrected chi connectivity index (χ3v) is 12.2. The van der Waals surface area contributed by atoms with Crippen LogP contribution < -0.4 is 0 Å². The molecule has 1 heterocycles. The minimum atomic E-state index is 0.0329. The van der Waals surface area contributed by atoms with Crippen molar-refractivity contribution in [2.45, 2.75) is 44.4 Å². The number of halogens is 1. The first-order chi connectivity index (χ1) is 23.6. The zero-order valence-electron chi connectivity index (χ0n) is 27.3. The quantitative estimate of drug-likeness (QED) is 0.176. The number of benzene rings is 6. The normalized spacial score (nSPS) is 22.2. The minimum Gasteiger partial charge on any atom is -0.456 e. The van der Waals surface area contributed by atoms with Crippen molar-refractivity contribution in [1.82, 2.24) is 0 Å². The van der Waals surface area contributed by atoms with Crippen LogP contribution in [0.5, 0.6) is 0 Å². The fourth-order valence-corrected chi connectivity index (χ4v) is 9.90. The summed E-state index contributed by atoms with van der Waals surface area (Å²) in [5.74, 6) is 2.13. The van der Waals surface area contributed by atoms with Crippen LogP contribution in [0, 0.1) is 17.8 Å². The van der Waals surface area contributed by atoms with E-state index in [0.717, 1.165) is 26.9 Å². The third kappa shape index (κ3) is 4.88. The molecule has 0 saturated heterocycles. The highest BCUT2D eigenvalue weighted by Gasteiger charge is 2.51. The molecule has 48 heavy (non-hydrogen) atoms. The van der Waals surface area contributed by atoms with Gasteiger partial charge in [0.25, 0.3) is 0 Å². The van der Waals surface area contributed by atoms with Gasteiger partial charge in [-0.1, -0.05) is 133 Å². The summed E-state index contributed by atoms with van der Waals surface area (Å²) in [6.07, 6.45) is 6.73. The highest BCUT2D eigenvalue weighted by molar-refractivity contribution is 9.10. The Labute approximate surface area is 291 Å². The number of hydrogen-bond donors (Lipinski definition) is 0. The Hall–Kier alpha value is -4.40. The molecule has 236 valence electrons. The van der Waals surface area contributed by atoms with Gasteiger partial charge < -0.3 is 4.42 Å². The van der Waals surface area contributed by atoms with Gasteiger partial charge in [-0.15, -0.1) is 0 Å². The van der Waals surface area contributed by atoms with Gasteiger partial charge in [-0.3, -0.25) is 0 Å². The highest BCUT2D eigenvalue weighted by atomic mass is 79.9. The lowest BCUT2D eigenvalue weighted by Gasteiger charge is -2.54. The van der Waals surface area contributed by atoms with E-state index in [-0.39, 0.29) is 5.41 Å². The van der Waals surface area contributed by atoms with Crippen LogP contribution in [0.3, 0.4) is 0 Å². The molecule has 2 fully saturated rings. The van der Waals surface area contributed by atoms with Crippen LogP contribution in [0.15, 0.2) is 148 Å². The molecule has 0 aliphatic heterocycles. The number of furan rings is 1. The first kappa shape index (κ1) is 29.7. The Balaban J connectivity index is 1.20. The Morgan fingerprint density at radius 1 is 0.583 bits per heavy atom. The molecule has 1 nitrogen and oxygen atoms in total. The molecular formula is C46H39BrO. The maximum atomic E-state index is 6.30. The van der Waals surface area contributed by atoms with Gasteiger partial charge >= 0.3 is 0 Å². The zero-order chi connectivity index (χ0) is 32.2. The third-order valence-electron chi connectivity index (χ3n) is 11.7. The predicted molar refractivity (Wildman–Crippen MR) is 204 cm³/mol. The standard InChI is InChI=1S/C46H39BrO/c1-30-25-31-9-7-12-39(26-31)46(30,38-21-23-40(47)24-22-38)37-19-17-33(18-20-37)35-27-34(32-10-3-2-4-11-32)28-36(29-35)41-14-8-16-44-45(41)42-13-5-6-15-43(42)48-44/h2-6,8,10-11,13-24,27-31,39H,7,9,12,25-26H2,1H3. The Bertz CT molecular complexity index is 2240. The van der Waals surface area contributed by atoms with Crippen molar-refractivity contribution >= 4 is 37.9 Å². The molecule has 0 spiro atoms. The molecule has 0 radical (unpaired) electrons. The van der Waals surface area contributed by atoms with Gasteiger partial charge in [0.15, 0.2) is 0 Å². The van der Waals surface area contributed by atoms with E-state index < -0.39 is 0 Å². The molecule has 2 bridgehead atoms. The second-order valence-corrected chi connectivity index (χ2v) is 15.2. The summed E-state index contributed by atoms with van der Waals surface area (Å²) in [5.41, 5.74) is 12.2. The molecule has 2 heteroatoms. The van der Waals surface area contributed by atoms with Crippen molar-refractivity contribution < 1.29 is 4.42 Å². The van der Waals surface area contributed by atoms with E-state index in [1.165, 1.54) is 82.0 Å². The molecular weight excluding hydrogens is 648 g/mol. The Kier molecular flexibility index (Phi) is 7.39. The largest absolute Gasteiger partial charge is 0.456 e. The lowest BCUT2D eigenvalue weighted by molar-refractivity contribution is 0.0642. The minimum absolute atomic E-state index is 0.0329. The topological polar surface area (TPSA) is 13.1 Å². The van der Waals surface area contributed by atoms with Crippen LogP contribution in [-0.4, -0.2) is 0 Å². The Morgan fingerprint density at radius 3 is 2.00 bits per heavy atom. The smallest absolute Gasteiger partial charge is 0.136 e. The average molecular weight is 688 g/mol. The van der Waals surface area contributed by atoms with E-state index >= 15 is 0 Å². The van der Waals surface area contributed by atoms with Crippen molar-refractivity contribution in [1.29, 1.82) is 0 Å². The molecule has 2 aliphatic rings. The van der Waals surface area contributed by atoms with Gasteiger partial charge in [-0.05, 0) is 124 Å². The summed E-state index contributed by atoms with van der Waals surface area (Å²) in [6, 6.07) is 51.6. The second-order valence-electron chi connectivity index (χ2n) is 14.3. The van der Waals surface area contributed by atoms with Crippen molar-refractivity contribution in [3.8, 4) is 33.4 Å². The van der Waals surface area contributed by atoms with Crippen LogP contribution >= 0.6 is 15.9 Å². The zero-order valence-corrected chi connectivity index (χ0v) is 28.9. The van der Waals surface area contributed by atoms with E-state index in [1.54, 1.807) is 0 Å². The number of hydrogen-bond acceptors (Lipinski definition) is 1. The SMILES string of the molecule is CC1CC2CCCC(C2)C1(c1ccc(Br)cc1)c1ccc(-c2cc(-c3ccccc3)cc(-c3cccc4oc5ccccc5c34)c2)cc1. The van der Waals surface area contributed by atoms with Gasteiger partial charge in [0, 0.05) is 20.7 Å². The van der Waals surface area contributed by atoms with E-state index in [0.29, 0.717) is 11.8 Å². The number of fused-ring (bicyclic) bond motifs is 5. The molecule has 4 unspecified atom stereocenters. The van der Waals surface area contributed by atoms with E-state index in [1.807, 2.05) is 6.07 Å². The molecule has 0 amide bonds. The van der Waals surface area contributed by atoms with Gasteiger partial charge in [0.05, 0.1) is 0 Å². The monoisotopic (exact) mass is 686 g/mol. The first-order valence-corrected chi connectivity index (χ1v) is 18.4. The molecule has 2 saturated carbocycles. The van der Waals surface area contributed by atoms with Crippen molar-refractivity contribution in [2.24, 2.45) is 17.8 Å². The first-order valence-electron chi connectivity index (χ1n) is 17.6. The van der Waals surface area contributed by atoms with Gasteiger partial charge in [0.2, 0.25) is 0 Å². The fourth-order valence-electron chi connectivity index (χ4n) is 9.64. The molecule has 1 aromatic heterocycles. The Morgan fingerprint density at radius 2 is 1.23 bits per heavy atom. The summed E-state index contributed by atoms with van der Waals surface area (Å²) < 4.78 is 7.45. The van der Waals surface area contributed by atoms with Gasteiger partial charge in [-0.25, -0.2) is 0 Å². The average Bonchev–Trinajstić information content (AvgIpc) is 3.52. The molecule has 9 rings (SSSR count). The molecule has 7 aromatic rings. The van der Waals surface area contributed by atoms with Crippen LogP contribution in [0.25, 0.3) is 55.3 Å². The molecule has 2 aliphatic carbocycles. The van der Waals surface area contributed by atoms with Crippen LogP contribution in [-0.2, 0) is 5.41 Å². The lowest BCUT2D eigenvalue weighted by atomic mass is 9.49. The van der Waals surface area contributed by atoms with Crippen molar-refractivity contribution in [3.05, 3.63) is 155 Å². The fraction of sp³-hybridized carbons (Fsp3) is 0.217. The number of rotatable bonds is 5. The summed E-state index contributed by atoms with van der Waals surface area (Å²) >= 11 is 3.71. The maximum absolute atomic E-state index is 6.30. The van der Waals surface area contributed by atoms with Crippen molar-refractivity contribution in [2.75, 3.05) is 0 Å². The van der Waals surface area contributed by atoms with E-state index in [2.05, 4.69) is 156 Å². The molecule has 4 atom stereocenters. The summed E-state index contributed by atoms with van der Waals surface area (Å²) in [4.78, 5) is 0. The summed E-state index contributed by atoms with van der Waals surface area (Å²) in [6.45, 7) is 2.52. The van der Waals surface area contributed by atoms with Gasteiger partial charge in [-0.2, -0.15) is 0 Å². The van der Waals surface area contributed by atoms with Crippen LogP contribution in [0.2, 0.25) is 0 Å². The predicted octanol–water partition coefficient (Wildman–Crippen LogP) is 13.5. The van der Waals surface area contributed by atoms with E-state index in [9.17, 15) is 0 Å². The van der Waals surface area contributed by atoms with Crippen LogP contribution in [0.4, 0.5) is 0 Å². The molecule has 0 N–H and O–H groups in total. The molecule has 6 aromatic carbocycles. The van der Waals surface area contributed by atoms with Crippen LogP contribution in [0.1, 0.15) is 50.2 Å². The van der Waals surface area contributed by atoms with Gasteiger partial charge in [0.1, 0.15) is 11.2 Å². The summed E-state index contributed by atoms with van der Waals surface area (Å²) in [5, 5.41) is 2.33. The highest BCUT2D eigenvalue weighted by Crippen LogP contribution is 2.58. The van der Waals surface area contributed by atoms with E-state index in [4.69, 9.17) is 4.42 Å². The maximum Gasteiger partial charge on any atom is 0.136 e. The lowest BCUT2D eigenvalue weighted by Crippen LogP contribution is -2.49.